The average Bonchev–Trinajstić information content (AvgIpc) is 3.21. The topological polar surface area (TPSA) is 149 Å². The molecule has 0 unspecified atom stereocenters. The highest BCUT2D eigenvalue weighted by Gasteiger charge is 2.20. The number of aryl methyl sites for hydroxylation is 4. The van der Waals surface area contributed by atoms with Gasteiger partial charge < -0.3 is 20.8 Å². The standard InChI is InChI=1S/C24H25N7O3S/c1-13-6-2-4-8-15(13)26-24-30-18(29-23(25)31-24)12-34-19(32)11-10-17-27-21(33)20-14-7-3-5-9-16(14)35-22(20)28-17/h2,4,6,8H,3,5,7,9-12H2,1H3,(H,27,28,33)(H3,25,26,29,30,31). The Bertz CT molecular complexity index is 1460. The van der Waals surface area contributed by atoms with Crippen molar-refractivity contribution in [2.75, 3.05) is 11.1 Å². The molecule has 180 valence electrons. The van der Waals surface area contributed by atoms with E-state index in [1.165, 1.54) is 4.88 Å². The summed E-state index contributed by atoms with van der Waals surface area (Å²) in [6.45, 7) is 1.82. The number of thiophene rings is 1. The van der Waals surface area contributed by atoms with Crippen molar-refractivity contribution in [1.82, 2.24) is 24.9 Å². The van der Waals surface area contributed by atoms with Gasteiger partial charge in [-0.25, -0.2) is 4.98 Å². The number of nitrogens with zero attached hydrogens (tertiary/aromatic N) is 4. The van der Waals surface area contributed by atoms with Crippen LogP contribution < -0.4 is 16.6 Å². The Labute approximate surface area is 205 Å². The maximum atomic E-state index is 12.7. The highest BCUT2D eigenvalue weighted by atomic mass is 32.1. The third kappa shape index (κ3) is 5.14. The van der Waals surface area contributed by atoms with Gasteiger partial charge in [-0.05, 0) is 49.8 Å². The van der Waals surface area contributed by atoms with E-state index in [1.807, 2.05) is 31.2 Å². The molecular formula is C24H25N7O3S. The van der Waals surface area contributed by atoms with Crippen LogP contribution in [0.5, 0.6) is 0 Å². The Morgan fingerprint density at radius 1 is 1.17 bits per heavy atom. The van der Waals surface area contributed by atoms with Crippen LogP contribution >= 0.6 is 11.3 Å². The molecule has 0 bridgehead atoms. The fourth-order valence-corrected chi connectivity index (χ4v) is 5.44. The van der Waals surface area contributed by atoms with Crippen LogP contribution in [-0.4, -0.2) is 30.9 Å². The lowest BCUT2D eigenvalue weighted by atomic mass is 9.97. The van der Waals surface area contributed by atoms with Crippen molar-refractivity contribution in [3.8, 4) is 0 Å². The zero-order valence-electron chi connectivity index (χ0n) is 19.3. The van der Waals surface area contributed by atoms with E-state index in [4.69, 9.17) is 10.5 Å². The summed E-state index contributed by atoms with van der Waals surface area (Å²) >= 11 is 1.59. The van der Waals surface area contributed by atoms with Crippen LogP contribution in [0.4, 0.5) is 17.6 Å². The minimum Gasteiger partial charge on any atom is -0.457 e. The zero-order chi connectivity index (χ0) is 24.4. The van der Waals surface area contributed by atoms with Gasteiger partial charge in [-0.1, -0.05) is 18.2 Å². The Kier molecular flexibility index (Phi) is 6.41. The van der Waals surface area contributed by atoms with Crippen molar-refractivity contribution in [2.45, 2.75) is 52.1 Å². The molecule has 5 rings (SSSR count). The number of fused-ring (bicyclic) bond motifs is 3. The number of hydrogen-bond donors (Lipinski definition) is 3. The SMILES string of the molecule is Cc1ccccc1Nc1nc(N)nc(COC(=O)CCc2nc3sc4c(c3c(=O)[nH]2)CCCC4)n1. The number of nitrogen functional groups attached to an aromatic ring is 1. The van der Waals surface area contributed by atoms with E-state index < -0.39 is 5.97 Å². The van der Waals surface area contributed by atoms with Gasteiger partial charge >= 0.3 is 5.97 Å². The van der Waals surface area contributed by atoms with Crippen LogP contribution in [0.2, 0.25) is 0 Å². The van der Waals surface area contributed by atoms with E-state index in [1.54, 1.807) is 11.3 Å². The minimum absolute atomic E-state index is 0.0239. The number of ether oxygens (including phenoxy) is 1. The first-order valence-corrected chi connectivity index (χ1v) is 12.3. The average molecular weight is 492 g/mol. The first-order valence-electron chi connectivity index (χ1n) is 11.5. The molecule has 0 fully saturated rings. The molecule has 10 nitrogen and oxygen atoms in total. The molecule has 11 heteroatoms. The van der Waals surface area contributed by atoms with E-state index >= 15 is 0 Å². The summed E-state index contributed by atoms with van der Waals surface area (Å²) in [5.74, 6) is 0.555. The number of rotatable bonds is 7. The van der Waals surface area contributed by atoms with Gasteiger partial charge in [0.25, 0.3) is 5.56 Å². The Morgan fingerprint density at radius 2 is 2.00 bits per heavy atom. The van der Waals surface area contributed by atoms with Crippen molar-refractivity contribution in [3.63, 3.8) is 0 Å². The molecule has 0 atom stereocenters. The summed E-state index contributed by atoms with van der Waals surface area (Å²) in [7, 11) is 0. The number of hydrogen-bond acceptors (Lipinski definition) is 10. The normalized spacial score (nSPS) is 12.9. The van der Waals surface area contributed by atoms with Crippen LogP contribution in [0, 0.1) is 6.92 Å². The number of aromatic nitrogens is 5. The fraction of sp³-hybridized carbons (Fsp3) is 0.333. The van der Waals surface area contributed by atoms with Crippen molar-refractivity contribution in [2.24, 2.45) is 0 Å². The van der Waals surface area contributed by atoms with Gasteiger partial charge in [-0.3, -0.25) is 9.59 Å². The second kappa shape index (κ2) is 9.79. The molecule has 0 saturated carbocycles. The number of esters is 1. The Hall–Kier alpha value is -3.86. The molecule has 0 saturated heterocycles. The van der Waals surface area contributed by atoms with Crippen LogP contribution in [-0.2, 0) is 35.4 Å². The number of para-hydroxylation sites is 1. The van der Waals surface area contributed by atoms with E-state index in [0.717, 1.165) is 47.3 Å². The number of carbonyl (C=O) groups is 1. The van der Waals surface area contributed by atoms with Gasteiger partial charge in [0.05, 0.1) is 11.8 Å². The second-order valence-electron chi connectivity index (χ2n) is 8.44. The first-order chi connectivity index (χ1) is 17.0. The maximum Gasteiger partial charge on any atom is 0.306 e. The molecule has 1 aliphatic rings. The molecule has 35 heavy (non-hydrogen) atoms. The molecule has 0 amide bonds. The largest absolute Gasteiger partial charge is 0.457 e. The fourth-order valence-electron chi connectivity index (χ4n) is 4.16. The highest BCUT2D eigenvalue weighted by Crippen LogP contribution is 2.33. The monoisotopic (exact) mass is 491 g/mol. The molecule has 1 aliphatic carbocycles. The number of carbonyl (C=O) groups excluding carboxylic acids is 1. The second-order valence-corrected chi connectivity index (χ2v) is 9.52. The lowest BCUT2D eigenvalue weighted by Gasteiger charge is -2.10. The first kappa shape index (κ1) is 22.9. The number of anilines is 3. The molecule has 4 aromatic rings. The van der Waals surface area contributed by atoms with E-state index in [-0.39, 0.29) is 42.7 Å². The Balaban J connectivity index is 1.20. The van der Waals surface area contributed by atoms with Gasteiger partial charge in [-0.15, -0.1) is 11.3 Å². The zero-order valence-corrected chi connectivity index (χ0v) is 20.1. The molecular weight excluding hydrogens is 466 g/mol. The summed E-state index contributed by atoms with van der Waals surface area (Å²) in [6.07, 6.45) is 4.51. The number of H-pyrrole nitrogens is 1. The highest BCUT2D eigenvalue weighted by molar-refractivity contribution is 7.18. The van der Waals surface area contributed by atoms with Gasteiger partial charge in [0.1, 0.15) is 10.7 Å². The predicted molar refractivity (Wildman–Crippen MR) is 134 cm³/mol. The van der Waals surface area contributed by atoms with Gasteiger partial charge in [0.2, 0.25) is 11.9 Å². The van der Waals surface area contributed by atoms with Crippen LogP contribution in [0.1, 0.15) is 46.9 Å². The Morgan fingerprint density at radius 3 is 2.86 bits per heavy atom. The summed E-state index contributed by atoms with van der Waals surface area (Å²) in [5.41, 5.74) is 8.67. The number of nitrogens with one attached hydrogen (secondary N) is 2. The molecule has 1 aromatic carbocycles. The van der Waals surface area contributed by atoms with Gasteiger partial charge in [0.15, 0.2) is 12.4 Å². The predicted octanol–water partition coefficient (Wildman–Crippen LogP) is 3.36. The summed E-state index contributed by atoms with van der Waals surface area (Å²) in [6, 6.07) is 7.69. The summed E-state index contributed by atoms with van der Waals surface area (Å²) in [4.78, 5) is 46.9. The quantitative estimate of drug-likeness (QED) is 0.331. The molecule has 3 aromatic heterocycles. The smallest absolute Gasteiger partial charge is 0.306 e. The summed E-state index contributed by atoms with van der Waals surface area (Å²) in [5, 5.41) is 3.81. The van der Waals surface area contributed by atoms with Crippen LogP contribution in [0.25, 0.3) is 10.2 Å². The molecule has 0 radical (unpaired) electrons. The van der Waals surface area contributed by atoms with E-state index in [9.17, 15) is 9.59 Å². The van der Waals surface area contributed by atoms with Crippen molar-refractivity contribution in [3.05, 3.63) is 62.3 Å². The number of benzene rings is 1. The van der Waals surface area contributed by atoms with Gasteiger partial charge in [0, 0.05) is 17.0 Å². The number of aromatic amines is 1. The van der Waals surface area contributed by atoms with Crippen LogP contribution in [0.3, 0.4) is 0 Å². The van der Waals surface area contributed by atoms with E-state index in [2.05, 4.69) is 30.2 Å². The third-order valence-electron chi connectivity index (χ3n) is 5.89. The van der Waals surface area contributed by atoms with Crippen molar-refractivity contribution in [1.29, 1.82) is 0 Å². The summed E-state index contributed by atoms with van der Waals surface area (Å²) < 4.78 is 5.33. The molecule has 3 heterocycles. The molecule has 4 N–H and O–H groups in total. The lowest BCUT2D eigenvalue weighted by molar-refractivity contribution is -0.145. The number of nitrogens with two attached hydrogens (primary N) is 1. The van der Waals surface area contributed by atoms with Crippen molar-refractivity contribution >= 4 is 45.1 Å². The maximum absolute atomic E-state index is 12.7. The molecule has 0 spiro atoms. The van der Waals surface area contributed by atoms with Gasteiger partial charge in [-0.2, -0.15) is 15.0 Å². The van der Waals surface area contributed by atoms with E-state index in [0.29, 0.717) is 11.2 Å². The van der Waals surface area contributed by atoms with Crippen LogP contribution in [0.15, 0.2) is 29.1 Å². The molecule has 0 aliphatic heterocycles. The third-order valence-corrected chi connectivity index (χ3v) is 7.08. The minimum atomic E-state index is -0.453. The van der Waals surface area contributed by atoms with Crippen molar-refractivity contribution < 1.29 is 9.53 Å². The lowest BCUT2D eigenvalue weighted by Crippen LogP contribution is -2.15.